The van der Waals surface area contributed by atoms with E-state index in [1.807, 2.05) is 13.8 Å². The summed E-state index contributed by atoms with van der Waals surface area (Å²) in [4.78, 5) is 15.7. The third-order valence-electron chi connectivity index (χ3n) is 2.54. The number of hydrogen-bond donors (Lipinski definition) is 3. The highest BCUT2D eigenvalue weighted by Crippen LogP contribution is 2.04. The van der Waals surface area contributed by atoms with Gasteiger partial charge in [0.05, 0.1) is 31.0 Å². The predicted octanol–water partition coefficient (Wildman–Crippen LogP) is 0.339. The van der Waals surface area contributed by atoms with Crippen molar-refractivity contribution in [2.75, 3.05) is 12.3 Å². The van der Waals surface area contributed by atoms with Crippen LogP contribution in [-0.2, 0) is 11.2 Å². The second-order valence-corrected chi connectivity index (χ2v) is 4.36. The minimum Gasteiger partial charge on any atom is -0.397 e. The third-order valence-corrected chi connectivity index (χ3v) is 2.54. The molecule has 1 aromatic heterocycles. The van der Waals surface area contributed by atoms with Crippen molar-refractivity contribution < 1.29 is 9.90 Å². The molecule has 0 aliphatic heterocycles. The van der Waals surface area contributed by atoms with E-state index in [9.17, 15) is 4.79 Å². The smallest absolute Gasteiger partial charge is 0.226 e. The van der Waals surface area contributed by atoms with Crippen LogP contribution < -0.4 is 11.1 Å². The summed E-state index contributed by atoms with van der Waals surface area (Å²) >= 11 is 0. The van der Waals surface area contributed by atoms with E-state index in [1.165, 1.54) is 6.20 Å². The van der Waals surface area contributed by atoms with Crippen molar-refractivity contribution in [2.24, 2.45) is 5.92 Å². The number of carbonyl (C=O) groups is 1. The highest BCUT2D eigenvalue weighted by atomic mass is 16.3. The Morgan fingerprint density at radius 3 is 2.71 bits per heavy atom. The molecule has 1 aromatic rings. The lowest BCUT2D eigenvalue weighted by molar-refractivity contribution is -0.121. The first-order valence-electron chi connectivity index (χ1n) is 5.63. The fraction of sp³-hybridized carbons (Fsp3) is 0.500. The molecule has 0 saturated carbocycles. The van der Waals surface area contributed by atoms with Crippen LogP contribution in [0.3, 0.4) is 0 Å². The first kappa shape index (κ1) is 13.4. The number of carbonyl (C=O) groups excluding carboxylic acids is 1. The summed E-state index contributed by atoms with van der Waals surface area (Å²) in [7, 11) is 0. The van der Waals surface area contributed by atoms with E-state index in [-0.39, 0.29) is 30.9 Å². The Morgan fingerprint density at radius 2 is 2.24 bits per heavy atom. The van der Waals surface area contributed by atoms with Gasteiger partial charge < -0.3 is 16.2 Å². The fourth-order valence-corrected chi connectivity index (χ4v) is 1.39. The standard InChI is InChI=1S/C12H19N3O2/c1-8(2)11(7-16)15-12(17)5-10-4-3-9(13)6-14-10/h3-4,6,8,11,16H,5,7,13H2,1-2H3,(H,15,17). The molecule has 0 radical (unpaired) electrons. The van der Waals surface area contributed by atoms with E-state index in [2.05, 4.69) is 10.3 Å². The molecule has 17 heavy (non-hydrogen) atoms. The number of anilines is 1. The zero-order valence-electron chi connectivity index (χ0n) is 10.2. The average molecular weight is 237 g/mol. The molecule has 0 saturated heterocycles. The summed E-state index contributed by atoms with van der Waals surface area (Å²) in [6, 6.07) is 3.22. The maximum atomic E-state index is 11.7. The van der Waals surface area contributed by atoms with Gasteiger partial charge in [0.2, 0.25) is 5.91 Å². The summed E-state index contributed by atoms with van der Waals surface area (Å²) in [5.41, 5.74) is 6.74. The molecule has 0 aliphatic rings. The van der Waals surface area contributed by atoms with Gasteiger partial charge >= 0.3 is 0 Å². The zero-order valence-corrected chi connectivity index (χ0v) is 10.2. The van der Waals surface area contributed by atoms with Crippen LogP contribution in [0.5, 0.6) is 0 Å². The number of amides is 1. The lowest BCUT2D eigenvalue weighted by atomic mass is 10.1. The van der Waals surface area contributed by atoms with Gasteiger partial charge in [-0.15, -0.1) is 0 Å². The van der Waals surface area contributed by atoms with E-state index in [0.29, 0.717) is 11.4 Å². The number of aromatic nitrogens is 1. The van der Waals surface area contributed by atoms with Crippen LogP contribution in [-0.4, -0.2) is 28.6 Å². The molecule has 1 unspecified atom stereocenters. The van der Waals surface area contributed by atoms with Crippen molar-refractivity contribution in [2.45, 2.75) is 26.3 Å². The molecule has 0 aromatic carbocycles. The molecule has 5 nitrogen and oxygen atoms in total. The molecule has 0 fully saturated rings. The first-order valence-corrected chi connectivity index (χ1v) is 5.63. The number of nitrogen functional groups attached to an aromatic ring is 1. The average Bonchev–Trinajstić information content (AvgIpc) is 2.28. The summed E-state index contributed by atoms with van der Waals surface area (Å²) in [5, 5.41) is 11.9. The van der Waals surface area contributed by atoms with Crippen LogP contribution in [0.1, 0.15) is 19.5 Å². The van der Waals surface area contributed by atoms with Crippen LogP contribution in [0.4, 0.5) is 5.69 Å². The summed E-state index contributed by atoms with van der Waals surface area (Å²) < 4.78 is 0. The quantitative estimate of drug-likeness (QED) is 0.689. The highest BCUT2D eigenvalue weighted by molar-refractivity contribution is 5.78. The Hall–Kier alpha value is -1.62. The lowest BCUT2D eigenvalue weighted by Crippen LogP contribution is -2.41. The summed E-state index contributed by atoms with van der Waals surface area (Å²) in [6.45, 7) is 3.84. The molecular weight excluding hydrogens is 218 g/mol. The van der Waals surface area contributed by atoms with Crippen molar-refractivity contribution in [3.05, 3.63) is 24.0 Å². The number of aliphatic hydroxyl groups is 1. The Balaban J connectivity index is 2.52. The maximum absolute atomic E-state index is 11.7. The van der Waals surface area contributed by atoms with Crippen LogP contribution in [0.25, 0.3) is 0 Å². The second kappa shape index (κ2) is 6.20. The SMILES string of the molecule is CC(C)C(CO)NC(=O)Cc1ccc(N)cn1. The van der Waals surface area contributed by atoms with Gasteiger partial charge in [0.25, 0.3) is 0 Å². The fourth-order valence-electron chi connectivity index (χ4n) is 1.39. The molecule has 0 aliphatic carbocycles. The number of nitrogens with two attached hydrogens (primary N) is 1. The van der Waals surface area contributed by atoms with Gasteiger partial charge in [0.1, 0.15) is 0 Å². The number of rotatable bonds is 5. The van der Waals surface area contributed by atoms with Crippen molar-refractivity contribution in [1.82, 2.24) is 10.3 Å². The number of nitrogens with zero attached hydrogens (tertiary/aromatic N) is 1. The normalized spacial score (nSPS) is 12.5. The van der Waals surface area contributed by atoms with Crippen LogP contribution >= 0.6 is 0 Å². The van der Waals surface area contributed by atoms with Crippen LogP contribution in [0.15, 0.2) is 18.3 Å². The number of pyridine rings is 1. The maximum Gasteiger partial charge on any atom is 0.226 e. The number of hydrogen-bond acceptors (Lipinski definition) is 4. The van der Waals surface area contributed by atoms with Crippen molar-refractivity contribution in [1.29, 1.82) is 0 Å². The molecule has 94 valence electrons. The second-order valence-electron chi connectivity index (χ2n) is 4.36. The molecule has 5 heteroatoms. The van der Waals surface area contributed by atoms with Gasteiger partial charge in [-0.05, 0) is 18.1 Å². The molecule has 1 heterocycles. The minimum absolute atomic E-state index is 0.0570. The molecule has 1 amide bonds. The van der Waals surface area contributed by atoms with E-state index >= 15 is 0 Å². The van der Waals surface area contributed by atoms with Crippen molar-refractivity contribution in [3.8, 4) is 0 Å². The molecule has 1 atom stereocenters. The molecule has 0 bridgehead atoms. The van der Waals surface area contributed by atoms with E-state index in [1.54, 1.807) is 12.1 Å². The lowest BCUT2D eigenvalue weighted by Gasteiger charge is -2.19. The molecule has 1 rings (SSSR count). The topological polar surface area (TPSA) is 88.2 Å². The molecule has 0 spiro atoms. The zero-order chi connectivity index (χ0) is 12.8. The van der Waals surface area contributed by atoms with Crippen molar-refractivity contribution >= 4 is 11.6 Å². The van der Waals surface area contributed by atoms with Crippen molar-refractivity contribution in [3.63, 3.8) is 0 Å². The third kappa shape index (κ3) is 4.40. The van der Waals surface area contributed by atoms with Crippen LogP contribution in [0, 0.1) is 5.92 Å². The van der Waals surface area contributed by atoms with Gasteiger partial charge in [-0.25, -0.2) is 0 Å². The largest absolute Gasteiger partial charge is 0.397 e. The van der Waals surface area contributed by atoms with Gasteiger partial charge in [-0.1, -0.05) is 13.8 Å². The Kier molecular flexibility index (Phi) is 4.90. The van der Waals surface area contributed by atoms with E-state index in [0.717, 1.165) is 0 Å². The van der Waals surface area contributed by atoms with E-state index in [4.69, 9.17) is 10.8 Å². The summed E-state index contributed by atoms with van der Waals surface area (Å²) in [6.07, 6.45) is 1.72. The Bertz CT molecular complexity index is 363. The highest BCUT2D eigenvalue weighted by Gasteiger charge is 2.15. The Labute approximate surface area is 101 Å². The molecular formula is C12H19N3O2. The Morgan fingerprint density at radius 1 is 1.53 bits per heavy atom. The minimum atomic E-state index is -0.212. The number of aliphatic hydroxyl groups excluding tert-OH is 1. The van der Waals surface area contributed by atoms with E-state index < -0.39 is 0 Å². The van der Waals surface area contributed by atoms with Gasteiger partial charge in [0, 0.05) is 5.69 Å². The summed E-state index contributed by atoms with van der Waals surface area (Å²) in [5.74, 6) is 0.0540. The molecule has 4 N–H and O–H groups in total. The van der Waals surface area contributed by atoms with Gasteiger partial charge in [-0.3, -0.25) is 9.78 Å². The van der Waals surface area contributed by atoms with Gasteiger partial charge in [0.15, 0.2) is 0 Å². The first-order chi connectivity index (χ1) is 8.02. The van der Waals surface area contributed by atoms with Gasteiger partial charge in [-0.2, -0.15) is 0 Å². The van der Waals surface area contributed by atoms with Crippen LogP contribution in [0.2, 0.25) is 0 Å². The monoisotopic (exact) mass is 237 g/mol. The predicted molar refractivity (Wildman–Crippen MR) is 66.2 cm³/mol. The number of nitrogens with one attached hydrogen (secondary N) is 1.